The van der Waals surface area contributed by atoms with Gasteiger partial charge in [-0.1, -0.05) is 68.0 Å². The third kappa shape index (κ3) is 2.24. The number of carbonyl (C=O) groups excluding carboxylic acids is 1. The van der Waals surface area contributed by atoms with Crippen molar-refractivity contribution in [2.75, 3.05) is 6.61 Å². The molecule has 10 aromatic rings. The molecule has 0 radical (unpaired) electrons. The zero-order chi connectivity index (χ0) is 35.6. The van der Waals surface area contributed by atoms with Crippen LogP contribution in [0.4, 0.5) is 0 Å². The van der Waals surface area contributed by atoms with E-state index in [0.29, 0.717) is 36.7 Å². The minimum atomic E-state index is -0.0603. The third-order valence-electron chi connectivity index (χ3n) is 18.4. The highest BCUT2D eigenvalue weighted by Crippen LogP contribution is 2.87. The molecule has 1 fully saturated rings. The van der Waals surface area contributed by atoms with Crippen molar-refractivity contribution in [3.63, 3.8) is 0 Å². The number of benzene rings is 7. The summed E-state index contributed by atoms with van der Waals surface area (Å²) in [5, 5.41) is 28.0. The summed E-state index contributed by atoms with van der Waals surface area (Å²) < 4.78 is 5.77. The highest BCUT2D eigenvalue weighted by atomic mass is 16.5. The fraction of sp³-hybridized carbons (Fsp3) is 0.315. The van der Waals surface area contributed by atoms with Crippen LogP contribution in [-0.4, -0.2) is 12.6 Å². The maximum Gasteiger partial charge on any atom is 0.305 e. The summed E-state index contributed by atoms with van der Waals surface area (Å²) >= 11 is 0. The molecule has 2 heteroatoms. The van der Waals surface area contributed by atoms with Crippen molar-refractivity contribution >= 4 is 98.2 Å². The van der Waals surface area contributed by atoms with Crippen LogP contribution in [0.25, 0.3) is 92.3 Å². The van der Waals surface area contributed by atoms with Crippen LogP contribution >= 0.6 is 0 Å². The first-order valence-electron chi connectivity index (χ1n) is 21.9. The molecule has 264 valence electrons. The molecule has 1 spiro atoms. The molecular weight excluding hydrogens is 681 g/mol. The van der Waals surface area contributed by atoms with Gasteiger partial charge in [-0.2, -0.15) is 0 Å². The van der Waals surface area contributed by atoms with Crippen molar-refractivity contribution in [1.82, 2.24) is 0 Å². The second-order valence-corrected chi connectivity index (χ2v) is 20.0. The van der Waals surface area contributed by atoms with Gasteiger partial charge in [0.2, 0.25) is 0 Å². The van der Waals surface area contributed by atoms with Gasteiger partial charge in [0.1, 0.15) is 0 Å². The van der Waals surface area contributed by atoms with Crippen LogP contribution in [0.3, 0.4) is 0 Å². The molecule has 10 aromatic carbocycles. The second-order valence-electron chi connectivity index (χ2n) is 20.0. The predicted molar refractivity (Wildman–Crippen MR) is 226 cm³/mol. The van der Waals surface area contributed by atoms with Crippen LogP contribution < -0.4 is 5.22 Å². The van der Waals surface area contributed by atoms with Gasteiger partial charge in [-0.3, -0.25) is 4.79 Å². The molecule has 1 saturated carbocycles. The fourth-order valence-corrected chi connectivity index (χ4v) is 17.4. The van der Waals surface area contributed by atoms with Crippen molar-refractivity contribution in [3.8, 4) is 0 Å². The van der Waals surface area contributed by atoms with Gasteiger partial charge in [0.15, 0.2) is 0 Å². The van der Waals surface area contributed by atoms with Crippen molar-refractivity contribution in [3.05, 3.63) is 109 Å². The van der Waals surface area contributed by atoms with Crippen LogP contribution in [0.1, 0.15) is 119 Å². The van der Waals surface area contributed by atoms with E-state index in [1.807, 2.05) is 0 Å². The molecule has 0 saturated heterocycles. The minimum absolute atomic E-state index is 0.0139. The number of hydrogen-bond acceptors (Lipinski definition) is 2. The topological polar surface area (TPSA) is 26.3 Å². The summed E-state index contributed by atoms with van der Waals surface area (Å²) in [7, 11) is 0. The lowest BCUT2D eigenvalue weighted by Crippen LogP contribution is -2.21. The zero-order valence-corrected chi connectivity index (χ0v) is 31.4. The summed E-state index contributed by atoms with van der Waals surface area (Å²) in [6.45, 7) is 2.71. The quantitative estimate of drug-likeness (QED) is 0.0889. The predicted octanol–water partition coefficient (Wildman–Crippen LogP) is 11.5. The Kier molecular flexibility index (Phi) is 3.85. The molecule has 0 bridgehead atoms. The minimum Gasteiger partial charge on any atom is -0.466 e. The van der Waals surface area contributed by atoms with Crippen LogP contribution in [0, 0.1) is 5.92 Å². The van der Waals surface area contributed by atoms with Gasteiger partial charge < -0.3 is 4.74 Å². The van der Waals surface area contributed by atoms with Crippen LogP contribution in [0.15, 0.2) is 48.5 Å². The summed E-state index contributed by atoms with van der Waals surface area (Å²) in [5.74, 6) is 2.05. The maximum absolute atomic E-state index is 13.2. The van der Waals surface area contributed by atoms with E-state index in [2.05, 4.69) is 61.5 Å². The van der Waals surface area contributed by atoms with Gasteiger partial charge >= 0.3 is 5.97 Å². The average Bonchev–Trinajstić information content (AvgIpc) is 3.89. The van der Waals surface area contributed by atoms with Crippen molar-refractivity contribution in [1.29, 1.82) is 0 Å². The summed E-state index contributed by atoms with van der Waals surface area (Å²) in [6, 6.07) is 19.9. The van der Waals surface area contributed by atoms with Crippen molar-refractivity contribution in [2.45, 2.75) is 93.3 Å². The summed E-state index contributed by atoms with van der Waals surface area (Å²) in [4.78, 5) is 13.2. The molecule has 0 aromatic heterocycles. The van der Waals surface area contributed by atoms with E-state index in [0.717, 1.165) is 32.1 Å². The Morgan fingerprint density at radius 1 is 0.696 bits per heavy atom. The fourth-order valence-electron chi connectivity index (χ4n) is 17.4. The first-order valence-corrected chi connectivity index (χ1v) is 21.9. The van der Waals surface area contributed by atoms with Crippen LogP contribution in [-0.2, 0) is 39.6 Å². The lowest BCUT2D eigenvalue weighted by atomic mass is 9.72. The Morgan fingerprint density at radius 3 is 2.30 bits per heavy atom. The largest absolute Gasteiger partial charge is 0.466 e. The Labute approximate surface area is 321 Å². The molecule has 56 heavy (non-hydrogen) atoms. The molecule has 0 heterocycles. The number of hydrogen-bond donors (Lipinski definition) is 0. The normalized spacial score (nSPS) is 28.2. The van der Waals surface area contributed by atoms with Crippen LogP contribution in [0.5, 0.6) is 0 Å². The van der Waals surface area contributed by atoms with Crippen LogP contribution in [0.2, 0.25) is 0 Å². The molecule has 18 rings (SSSR count). The number of esters is 1. The van der Waals surface area contributed by atoms with E-state index < -0.39 is 0 Å². The molecule has 0 aliphatic heterocycles. The Balaban J connectivity index is 1.06. The maximum atomic E-state index is 13.2. The Bertz CT molecular complexity index is 3740. The first-order chi connectivity index (χ1) is 27.7. The SMILES string of the molecule is CCCCOC(=O)CCCC1(c2ccccc2)C2c3cc4c5c6c(cc7c8c9c%10c%11c%12c%13c(cc%14c%12c%12c%15c(c%16c3c5c(c%10c86)c%16c%12%11)C21CC%15C=%14)CC(C7)C%139)C4. The van der Waals surface area contributed by atoms with E-state index in [-0.39, 0.29) is 16.8 Å². The van der Waals surface area contributed by atoms with Crippen molar-refractivity contribution < 1.29 is 9.53 Å². The van der Waals surface area contributed by atoms with E-state index in [1.165, 1.54) is 24.8 Å². The number of carbonyl (C=O) groups is 1. The lowest BCUT2D eigenvalue weighted by molar-refractivity contribution is -0.143. The van der Waals surface area contributed by atoms with Gasteiger partial charge in [-0.05, 0) is 198 Å². The monoisotopic (exact) mass is 716 g/mol. The highest BCUT2D eigenvalue weighted by Gasteiger charge is 2.81. The molecular formula is C54H36O2. The van der Waals surface area contributed by atoms with E-state index in [1.54, 1.807) is 141 Å². The van der Waals surface area contributed by atoms with E-state index >= 15 is 0 Å². The Hall–Kier alpha value is -5.21. The number of fused-ring (bicyclic) bond motifs is 1. The molecule has 6 unspecified atom stereocenters. The molecule has 0 amide bonds. The zero-order valence-electron chi connectivity index (χ0n) is 31.4. The Morgan fingerprint density at radius 2 is 1.43 bits per heavy atom. The summed E-state index contributed by atoms with van der Waals surface area (Å²) in [5.41, 5.74) is 16.6. The number of unbranched alkanes of at least 4 members (excludes halogenated alkanes) is 1. The highest BCUT2D eigenvalue weighted by molar-refractivity contribution is 6.58. The molecule has 8 aliphatic carbocycles. The lowest BCUT2D eigenvalue weighted by Gasteiger charge is -2.30. The summed E-state index contributed by atoms with van der Waals surface area (Å²) in [6.07, 6.45) is 11.9. The van der Waals surface area contributed by atoms with Gasteiger partial charge in [0, 0.05) is 35.0 Å². The van der Waals surface area contributed by atoms with Gasteiger partial charge in [-0.15, -0.1) is 0 Å². The number of ether oxygens (including phenoxy) is 1. The smallest absolute Gasteiger partial charge is 0.305 e. The van der Waals surface area contributed by atoms with Gasteiger partial charge in [-0.25, -0.2) is 0 Å². The third-order valence-corrected chi connectivity index (χ3v) is 18.4. The standard InChI is InChI=1S/C54H36O2/c1-2-3-12-56-30(55)10-7-11-53(28-8-5-4-6-9-28)52-29-19-26-17-23-15-24-14-21-13-22-16-25-18-27-20-54(52,53)51-37(27)42-36(25)41-32(22)31(21)39-35(24)40-33(23)34(26)43-38(29)50(51)49-47(42)45(41)44(39)46(40)48(43)49/h4-6,8-9,15-16,18-19,21,27,31,52H,2-3,7,10-14,17,20H2,1H3. The van der Waals surface area contributed by atoms with E-state index in [4.69, 9.17) is 4.74 Å². The first kappa shape index (κ1) is 27.4. The molecule has 8 aliphatic rings. The molecule has 2 nitrogen and oxygen atoms in total. The van der Waals surface area contributed by atoms with Gasteiger partial charge in [0.25, 0.3) is 0 Å². The van der Waals surface area contributed by atoms with Crippen molar-refractivity contribution in [2.24, 2.45) is 5.92 Å². The molecule has 6 atom stereocenters. The average molecular weight is 717 g/mol. The molecule has 0 N–H and O–H groups in total. The van der Waals surface area contributed by atoms with E-state index in [9.17, 15) is 4.79 Å². The van der Waals surface area contributed by atoms with Gasteiger partial charge in [0.05, 0.1) is 6.61 Å². The number of rotatable bonds is 8. The second kappa shape index (κ2) is 7.86.